The summed E-state index contributed by atoms with van der Waals surface area (Å²) in [7, 11) is 3.38. The molecular formula is C23H23FN6O. The van der Waals surface area contributed by atoms with Crippen LogP contribution in [0.2, 0.25) is 0 Å². The highest BCUT2D eigenvalue weighted by atomic mass is 19.1. The third kappa shape index (κ3) is 3.37. The van der Waals surface area contributed by atoms with Crippen LogP contribution in [0.15, 0.2) is 30.6 Å². The van der Waals surface area contributed by atoms with Crippen molar-refractivity contribution in [3.8, 4) is 16.9 Å². The number of rotatable bonds is 3. The molecule has 1 aliphatic rings. The number of aromatic nitrogens is 5. The number of halogens is 1. The van der Waals surface area contributed by atoms with Gasteiger partial charge in [-0.25, -0.2) is 14.4 Å². The van der Waals surface area contributed by atoms with Crippen LogP contribution >= 0.6 is 0 Å². The Morgan fingerprint density at radius 3 is 2.71 bits per heavy atom. The molecule has 0 saturated heterocycles. The largest absolute Gasteiger partial charge is 0.494 e. The summed E-state index contributed by atoms with van der Waals surface area (Å²) in [5.74, 6) is 1.16. The summed E-state index contributed by atoms with van der Waals surface area (Å²) in [6.07, 6.45) is 4.75. The summed E-state index contributed by atoms with van der Waals surface area (Å²) in [6.45, 7) is 5.27. The van der Waals surface area contributed by atoms with Gasteiger partial charge in [0.2, 0.25) is 0 Å². The van der Waals surface area contributed by atoms with Crippen LogP contribution in [0.25, 0.3) is 22.0 Å². The lowest BCUT2D eigenvalue weighted by Gasteiger charge is -2.30. The zero-order valence-corrected chi connectivity index (χ0v) is 18.0. The summed E-state index contributed by atoms with van der Waals surface area (Å²) in [4.78, 5) is 16.1. The van der Waals surface area contributed by atoms with Gasteiger partial charge in [-0.1, -0.05) is 0 Å². The molecular weight excluding hydrogens is 395 g/mol. The first-order valence-corrected chi connectivity index (χ1v) is 10.2. The maximum atomic E-state index is 14.2. The molecule has 4 aromatic rings. The van der Waals surface area contributed by atoms with Crippen LogP contribution < -0.4 is 9.64 Å². The maximum Gasteiger partial charge on any atom is 0.167 e. The van der Waals surface area contributed by atoms with E-state index >= 15 is 0 Å². The molecule has 1 aliphatic heterocycles. The van der Waals surface area contributed by atoms with E-state index in [9.17, 15) is 4.39 Å². The van der Waals surface area contributed by atoms with E-state index in [0.29, 0.717) is 17.9 Å². The van der Waals surface area contributed by atoms with Gasteiger partial charge in [0.25, 0.3) is 0 Å². The average Bonchev–Trinajstić information content (AvgIpc) is 3.09. The first-order chi connectivity index (χ1) is 14.9. The van der Waals surface area contributed by atoms with Crippen molar-refractivity contribution in [2.45, 2.75) is 26.8 Å². The van der Waals surface area contributed by atoms with Crippen molar-refractivity contribution in [3.05, 3.63) is 59.2 Å². The SMILES string of the molecule is COc1cc2c(N3CCc4ncc(-c5cn(C)nc5C)cc4C3)nc(C)nc2cc1F. The molecule has 0 bridgehead atoms. The summed E-state index contributed by atoms with van der Waals surface area (Å²) < 4.78 is 21.3. The third-order valence-electron chi connectivity index (χ3n) is 5.72. The topological polar surface area (TPSA) is 69.0 Å². The molecule has 0 fully saturated rings. The number of methoxy groups -OCH3 is 1. The minimum absolute atomic E-state index is 0.189. The number of nitrogens with zero attached hydrogens (tertiary/aromatic N) is 6. The highest BCUT2D eigenvalue weighted by Gasteiger charge is 2.23. The van der Waals surface area contributed by atoms with Gasteiger partial charge in [-0.15, -0.1) is 0 Å². The number of ether oxygens (including phenoxy) is 1. The van der Waals surface area contributed by atoms with Gasteiger partial charge in [0.15, 0.2) is 11.6 Å². The van der Waals surface area contributed by atoms with Crippen molar-refractivity contribution < 1.29 is 9.13 Å². The number of anilines is 1. The predicted octanol–water partition coefficient (Wildman–Crippen LogP) is 3.75. The van der Waals surface area contributed by atoms with E-state index in [0.717, 1.165) is 52.2 Å². The molecule has 0 unspecified atom stereocenters. The summed E-state index contributed by atoms with van der Waals surface area (Å²) in [5.41, 5.74) is 5.94. The number of fused-ring (bicyclic) bond motifs is 2. The fourth-order valence-corrected chi connectivity index (χ4v) is 4.26. The van der Waals surface area contributed by atoms with Gasteiger partial charge in [-0.05, 0) is 31.5 Å². The molecule has 7 nitrogen and oxygen atoms in total. The Bertz CT molecular complexity index is 1320. The molecule has 0 spiro atoms. The van der Waals surface area contributed by atoms with Crippen molar-refractivity contribution in [1.29, 1.82) is 0 Å². The second kappa shape index (κ2) is 7.30. The Morgan fingerprint density at radius 2 is 1.97 bits per heavy atom. The zero-order valence-electron chi connectivity index (χ0n) is 18.0. The lowest BCUT2D eigenvalue weighted by atomic mass is 10.0. The van der Waals surface area contributed by atoms with Crippen molar-refractivity contribution >= 4 is 16.7 Å². The monoisotopic (exact) mass is 418 g/mol. The van der Waals surface area contributed by atoms with E-state index in [1.807, 2.05) is 38.0 Å². The second-order valence-electron chi connectivity index (χ2n) is 7.90. The Morgan fingerprint density at radius 1 is 1.13 bits per heavy atom. The quantitative estimate of drug-likeness (QED) is 0.505. The molecule has 0 N–H and O–H groups in total. The highest BCUT2D eigenvalue weighted by molar-refractivity contribution is 5.91. The Balaban J connectivity index is 1.57. The van der Waals surface area contributed by atoms with Crippen LogP contribution in [-0.4, -0.2) is 38.4 Å². The van der Waals surface area contributed by atoms with Crippen molar-refractivity contribution in [2.24, 2.45) is 7.05 Å². The fraction of sp³-hybridized carbons (Fsp3) is 0.304. The molecule has 3 aromatic heterocycles. The minimum atomic E-state index is -0.427. The lowest BCUT2D eigenvalue weighted by Crippen LogP contribution is -2.32. The molecule has 8 heteroatoms. The number of aryl methyl sites for hydroxylation is 3. The van der Waals surface area contributed by atoms with Gasteiger partial charge >= 0.3 is 0 Å². The predicted molar refractivity (Wildman–Crippen MR) is 117 cm³/mol. The summed E-state index contributed by atoms with van der Waals surface area (Å²) in [5, 5.41) is 5.23. The van der Waals surface area contributed by atoms with E-state index in [4.69, 9.17) is 14.7 Å². The van der Waals surface area contributed by atoms with E-state index in [-0.39, 0.29) is 5.75 Å². The molecule has 0 amide bonds. The number of hydrogen-bond donors (Lipinski definition) is 0. The highest BCUT2D eigenvalue weighted by Crippen LogP contribution is 2.33. The van der Waals surface area contributed by atoms with Crippen LogP contribution in [0.4, 0.5) is 10.2 Å². The summed E-state index contributed by atoms with van der Waals surface area (Å²) in [6, 6.07) is 5.28. The standard InChI is InChI=1S/C23H23FN6O/c1-13-18(12-29(3)28-13)15-7-16-11-30(6-5-20(16)25-10-15)23-17-8-22(31-4)19(24)9-21(17)26-14(2)27-23/h7-10,12H,5-6,11H2,1-4H3. The Kier molecular flexibility index (Phi) is 4.57. The minimum Gasteiger partial charge on any atom is -0.494 e. The van der Waals surface area contributed by atoms with Gasteiger partial charge in [-0.3, -0.25) is 9.67 Å². The smallest absolute Gasteiger partial charge is 0.167 e. The van der Waals surface area contributed by atoms with Crippen LogP contribution in [-0.2, 0) is 20.0 Å². The molecule has 158 valence electrons. The van der Waals surface area contributed by atoms with Crippen LogP contribution in [0.1, 0.15) is 22.8 Å². The van der Waals surface area contributed by atoms with Crippen LogP contribution in [0.5, 0.6) is 5.75 Å². The molecule has 4 heterocycles. The number of pyridine rings is 1. The van der Waals surface area contributed by atoms with Gasteiger partial charge in [0, 0.05) is 67.2 Å². The third-order valence-corrected chi connectivity index (χ3v) is 5.72. The van der Waals surface area contributed by atoms with Gasteiger partial charge in [0.1, 0.15) is 11.6 Å². The van der Waals surface area contributed by atoms with Crippen molar-refractivity contribution in [1.82, 2.24) is 24.7 Å². The lowest BCUT2D eigenvalue weighted by molar-refractivity contribution is 0.387. The molecule has 0 aliphatic carbocycles. The molecule has 5 rings (SSSR count). The first kappa shape index (κ1) is 19.4. The Hall–Kier alpha value is -3.55. The molecule has 0 radical (unpaired) electrons. The van der Waals surface area contributed by atoms with Crippen molar-refractivity contribution in [2.75, 3.05) is 18.6 Å². The average molecular weight is 418 g/mol. The number of hydrogen-bond acceptors (Lipinski definition) is 6. The maximum absolute atomic E-state index is 14.2. The fourth-order valence-electron chi connectivity index (χ4n) is 4.26. The van der Waals surface area contributed by atoms with E-state index < -0.39 is 5.82 Å². The zero-order chi connectivity index (χ0) is 21.7. The molecule has 0 atom stereocenters. The molecule has 0 saturated carbocycles. The van der Waals surface area contributed by atoms with Gasteiger partial charge in [0.05, 0.1) is 18.3 Å². The summed E-state index contributed by atoms with van der Waals surface area (Å²) >= 11 is 0. The van der Waals surface area contributed by atoms with Crippen LogP contribution in [0, 0.1) is 19.7 Å². The number of benzene rings is 1. The van der Waals surface area contributed by atoms with E-state index in [1.54, 1.807) is 6.07 Å². The van der Waals surface area contributed by atoms with Gasteiger partial charge < -0.3 is 9.64 Å². The second-order valence-corrected chi connectivity index (χ2v) is 7.90. The van der Waals surface area contributed by atoms with Crippen molar-refractivity contribution in [3.63, 3.8) is 0 Å². The van der Waals surface area contributed by atoms with Crippen LogP contribution in [0.3, 0.4) is 0 Å². The Labute approximate surface area is 179 Å². The first-order valence-electron chi connectivity index (χ1n) is 10.2. The van der Waals surface area contributed by atoms with Gasteiger partial charge in [-0.2, -0.15) is 5.10 Å². The molecule has 1 aromatic carbocycles. The molecule has 31 heavy (non-hydrogen) atoms. The van der Waals surface area contributed by atoms with E-state index in [2.05, 4.69) is 21.0 Å². The normalized spacial score (nSPS) is 13.5. The van der Waals surface area contributed by atoms with E-state index in [1.165, 1.54) is 13.2 Å².